The van der Waals surface area contributed by atoms with Gasteiger partial charge in [0.15, 0.2) is 0 Å². The van der Waals surface area contributed by atoms with Crippen LogP contribution in [-0.2, 0) is 6.42 Å². The van der Waals surface area contributed by atoms with Crippen molar-refractivity contribution in [2.75, 3.05) is 0 Å². The van der Waals surface area contributed by atoms with Crippen molar-refractivity contribution >= 4 is 44.9 Å². The number of thiophene rings is 1. The second-order valence-electron chi connectivity index (χ2n) is 4.03. The quantitative estimate of drug-likeness (QED) is 0.506. The average Bonchev–Trinajstić information content (AvgIpc) is 2.96. The molecule has 3 aromatic rings. The first-order valence-electron chi connectivity index (χ1n) is 5.85. The zero-order chi connectivity index (χ0) is 13.4. The second-order valence-corrected chi connectivity index (χ2v) is 6.51. The monoisotopic (exact) mass is 310 g/mol. The fourth-order valence-corrected chi connectivity index (χ4v) is 3.98. The molecule has 19 heavy (non-hydrogen) atoms. The smallest absolute Gasteiger partial charge is 0.224 e. The van der Waals surface area contributed by atoms with Gasteiger partial charge in [0.2, 0.25) is 5.28 Å². The third kappa shape index (κ3) is 2.50. The van der Waals surface area contributed by atoms with Crippen LogP contribution >= 0.6 is 34.7 Å². The summed E-state index contributed by atoms with van der Waals surface area (Å²) in [6.07, 6.45) is 2.68. The van der Waals surface area contributed by atoms with Crippen LogP contribution in [0.1, 0.15) is 17.6 Å². The van der Waals surface area contributed by atoms with E-state index in [2.05, 4.69) is 23.0 Å². The molecule has 0 aromatic carbocycles. The van der Waals surface area contributed by atoms with Gasteiger partial charge in [-0.05, 0) is 37.1 Å². The van der Waals surface area contributed by atoms with Gasteiger partial charge >= 0.3 is 0 Å². The Morgan fingerprint density at radius 1 is 1.42 bits per heavy atom. The molecule has 0 unspecified atom stereocenters. The molecule has 0 fully saturated rings. The van der Waals surface area contributed by atoms with Gasteiger partial charge in [-0.3, -0.25) is 0 Å². The van der Waals surface area contributed by atoms with E-state index in [1.165, 1.54) is 4.88 Å². The maximum Gasteiger partial charge on any atom is 0.224 e. The predicted octanol–water partition coefficient (Wildman–Crippen LogP) is 4.96. The molecule has 0 saturated carbocycles. The molecule has 0 amide bonds. The van der Waals surface area contributed by atoms with Crippen LogP contribution < -0.4 is 0 Å². The van der Waals surface area contributed by atoms with Gasteiger partial charge < -0.3 is 4.42 Å². The highest BCUT2D eigenvalue weighted by molar-refractivity contribution is 7.99. The van der Waals surface area contributed by atoms with E-state index < -0.39 is 0 Å². The number of aromatic nitrogens is 2. The Hall–Kier alpha value is -1.04. The third-order valence-electron chi connectivity index (χ3n) is 2.75. The van der Waals surface area contributed by atoms with Gasteiger partial charge in [0, 0.05) is 10.3 Å². The summed E-state index contributed by atoms with van der Waals surface area (Å²) < 4.78 is 5.31. The maximum atomic E-state index is 6.00. The van der Waals surface area contributed by atoms with E-state index in [0.29, 0.717) is 5.28 Å². The van der Waals surface area contributed by atoms with Crippen LogP contribution in [0.25, 0.3) is 10.2 Å². The van der Waals surface area contributed by atoms with Crippen LogP contribution in [0.3, 0.4) is 0 Å². The van der Waals surface area contributed by atoms with E-state index in [-0.39, 0.29) is 0 Å². The molecule has 0 aliphatic carbocycles. The molecule has 0 aliphatic rings. The second kappa shape index (κ2) is 5.15. The number of furan rings is 1. The molecule has 0 aliphatic heterocycles. The number of fused-ring (bicyclic) bond motifs is 1. The van der Waals surface area contributed by atoms with Gasteiger partial charge in [0.1, 0.15) is 15.6 Å². The number of nitrogens with zero attached hydrogens (tertiary/aromatic N) is 2. The van der Waals surface area contributed by atoms with E-state index in [4.69, 9.17) is 16.0 Å². The van der Waals surface area contributed by atoms with Crippen LogP contribution in [0.2, 0.25) is 5.28 Å². The fourth-order valence-electron chi connectivity index (χ4n) is 1.76. The normalized spacial score (nSPS) is 11.3. The molecule has 0 atom stereocenters. The molecule has 3 aromatic heterocycles. The molecule has 0 N–H and O–H groups in total. The van der Waals surface area contributed by atoms with E-state index >= 15 is 0 Å². The number of hydrogen-bond acceptors (Lipinski definition) is 5. The largest absolute Gasteiger partial charge is 0.468 e. The summed E-state index contributed by atoms with van der Waals surface area (Å²) >= 11 is 9.24. The van der Waals surface area contributed by atoms with Gasteiger partial charge in [-0.2, -0.15) is 0 Å². The molecule has 0 radical (unpaired) electrons. The summed E-state index contributed by atoms with van der Waals surface area (Å²) in [7, 11) is 0. The maximum absolute atomic E-state index is 6.00. The number of aryl methyl sites for hydroxylation is 2. The lowest BCUT2D eigenvalue weighted by Gasteiger charge is -2.01. The molecule has 3 nitrogen and oxygen atoms in total. The first kappa shape index (κ1) is 13.0. The molecular weight excluding hydrogens is 300 g/mol. The van der Waals surface area contributed by atoms with E-state index in [0.717, 1.165) is 32.3 Å². The standard InChI is InChI=1S/C13H11ClN2OS2/c1-3-8-6-9-11(18-8)15-13(14)16-12(9)19-10-4-5-17-7(10)2/h4-6H,3H2,1-2H3. The molecular formula is C13H11ClN2OS2. The molecule has 0 bridgehead atoms. The Bertz CT molecular complexity index is 735. The third-order valence-corrected chi connectivity index (χ3v) is 5.24. The minimum atomic E-state index is 0.292. The molecule has 0 saturated heterocycles. The lowest BCUT2D eigenvalue weighted by molar-refractivity contribution is 0.527. The highest BCUT2D eigenvalue weighted by Crippen LogP contribution is 2.37. The van der Waals surface area contributed by atoms with E-state index in [1.807, 2.05) is 13.0 Å². The van der Waals surface area contributed by atoms with Gasteiger partial charge in [-0.1, -0.05) is 18.7 Å². The topological polar surface area (TPSA) is 38.9 Å². The number of rotatable bonds is 3. The molecule has 6 heteroatoms. The Labute approximate surface area is 124 Å². The molecule has 3 rings (SSSR count). The van der Waals surface area contributed by atoms with E-state index in [1.54, 1.807) is 29.4 Å². The number of hydrogen-bond donors (Lipinski definition) is 0. The summed E-state index contributed by atoms with van der Waals surface area (Å²) in [4.78, 5) is 11.9. The molecule has 3 heterocycles. The van der Waals surface area contributed by atoms with Crippen molar-refractivity contribution in [3.8, 4) is 0 Å². The van der Waals surface area contributed by atoms with Crippen molar-refractivity contribution in [3.63, 3.8) is 0 Å². The summed E-state index contributed by atoms with van der Waals surface area (Å²) in [5.74, 6) is 0.888. The van der Waals surface area contributed by atoms with Crippen LogP contribution in [-0.4, -0.2) is 9.97 Å². The van der Waals surface area contributed by atoms with Gasteiger partial charge in [0.25, 0.3) is 0 Å². The van der Waals surface area contributed by atoms with Crippen molar-refractivity contribution in [3.05, 3.63) is 34.3 Å². The van der Waals surface area contributed by atoms with E-state index in [9.17, 15) is 0 Å². The first-order chi connectivity index (χ1) is 9.17. The lowest BCUT2D eigenvalue weighted by Crippen LogP contribution is -1.86. The zero-order valence-corrected chi connectivity index (χ0v) is 12.8. The summed E-state index contributed by atoms with van der Waals surface area (Å²) in [5, 5.41) is 2.24. The van der Waals surface area contributed by atoms with Crippen LogP contribution in [0, 0.1) is 6.92 Å². The van der Waals surface area contributed by atoms with Crippen molar-refractivity contribution in [2.45, 2.75) is 30.2 Å². The molecule has 98 valence electrons. The van der Waals surface area contributed by atoms with Crippen molar-refractivity contribution < 1.29 is 4.42 Å². The molecule has 0 spiro atoms. The van der Waals surface area contributed by atoms with Crippen molar-refractivity contribution in [1.29, 1.82) is 0 Å². The fraction of sp³-hybridized carbons (Fsp3) is 0.231. The van der Waals surface area contributed by atoms with Crippen molar-refractivity contribution in [1.82, 2.24) is 9.97 Å². The zero-order valence-electron chi connectivity index (χ0n) is 10.4. The Balaban J connectivity index is 2.11. The van der Waals surface area contributed by atoms with Crippen LogP contribution in [0.5, 0.6) is 0 Å². The SMILES string of the molecule is CCc1cc2c(Sc3ccoc3C)nc(Cl)nc2s1. The van der Waals surface area contributed by atoms with Crippen LogP contribution in [0.4, 0.5) is 0 Å². The summed E-state index contributed by atoms with van der Waals surface area (Å²) in [6.45, 7) is 4.07. The Morgan fingerprint density at radius 2 is 2.26 bits per heavy atom. The summed E-state index contributed by atoms with van der Waals surface area (Å²) in [6, 6.07) is 4.09. The Morgan fingerprint density at radius 3 is 2.95 bits per heavy atom. The Kier molecular flexibility index (Phi) is 3.52. The highest BCUT2D eigenvalue weighted by atomic mass is 35.5. The van der Waals surface area contributed by atoms with Crippen LogP contribution in [0.15, 0.2) is 32.7 Å². The summed E-state index contributed by atoms with van der Waals surface area (Å²) in [5.41, 5.74) is 0. The lowest BCUT2D eigenvalue weighted by atomic mass is 10.3. The first-order valence-corrected chi connectivity index (χ1v) is 7.86. The van der Waals surface area contributed by atoms with Crippen molar-refractivity contribution in [2.24, 2.45) is 0 Å². The minimum absolute atomic E-state index is 0.292. The minimum Gasteiger partial charge on any atom is -0.468 e. The average molecular weight is 311 g/mol. The van der Waals surface area contributed by atoms with Gasteiger partial charge in [0.05, 0.1) is 11.2 Å². The number of halogens is 1. The van der Waals surface area contributed by atoms with Gasteiger partial charge in [-0.15, -0.1) is 11.3 Å². The predicted molar refractivity (Wildman–Crippen MR) is 79.4 cm³/mol. The van der Waals surface area contributed by atoms with Gasteiger partial charge in [-0.25, -0.2) is 9.97 Å². The highest BCUT2D eigenvalue weighted by Gasteiger charge is 2.13.